The maximum absolute atomic E-state index is 6.30. The van der Waals surface area contributed by atoms with E-state index in [9.17, 15) is 0 Å². The summed E-state index contributed by atoms with van der Waals surface area (Å²) in [5.74, 6) is 0.677. The van der Waals surface area contributed by atoms with Gasteiger partial charge in [-0.1, -0.05) is 0 Å². The molecule has 1 saturated carbocycles. The normalized spacial score (nSPS) is 21.2. The smallest absolute Gasteiger partial charge is 0.228 e. The molecule has 0 spiro atoms. The lowest BCUT2D eigenvalue weighted by Gasteiger charge is -2.36. The molecule has 0 unspecified atom stereocenters. The van der Waals surface area contributed by atoms with Gasteiger partial charge >= 0.3 is 0 Å². The fourth-order valence-corrected chi connectivity index (χ4v) is 5.19. The minimum Gasteiger partial charge on any atom is -0.367 e. The van der Waals surface area contributed by atoms with Crippen LogP contribution in [0.25, 0.3) is 21.7 Å². The summed E-state index contributed by atoms with van der Waals surface area (Å²) in [6.45, 7) is 9.56. The van der Waals surface area contributed by atoms with E-state index in [0.29, 0.717) is 24.2 Å². The number of aromatic nitrogens is 6. The van der Waals surface area contributed by atoms with E-state index in [-0.39, 0.29) is 12.2 Å². The van der Waals surface area contributed by atoms with Crippen molar-refractivity contribution in [2.24, 2.45) is 0 Å². The predicted octanol–water partition coefficient (Wildman–Crippen LogP) is 4.57. The quantitative estimate of drug-likeness (QED) is 0.440. The second-order valence-electron chi connectivity index (χ2n) is 9.17. The Balaban J connectivity index is 1.41. The van der Waals surface area contributed by atoms with Gasteiger partial charge in [-0.3, -0.25) is 4.68 Å². The van der Waals surface area contributed by atoms with Crippen LogP contribution in [0.4, 0.5) is 5.95 Å². The third kappa shape index (κ3) is 3.89. The maximum atomic E-state index is 6.30. The Kier molecular flexibility index (Phi) is 4.92. The van der Waals surface area contributed by atoms with Crippen molar-refractivity contribution in [1.29, 1.82) is 0 Å². The van der Waals surface area contributed by atoms with Crippen molar-refractivity contribution in [1.82, 2.24) is 29.7 Å². The molecule has 2 fully saturated rings. The third-order valence-corrected chi connectivity index (χ3v) is 7.37. The van der Waals surface area contributed by atoms with Gasteiger partial charge in [-0.05, 0) is 52.7 Å². The van der Waals surface area contributed by atoms with E-state index in [1.54, 1.807) is 11.3 Å². The van der Waals surface area contributed by atoms with E-state index < -0.39 is 0 Å². The lowest BCUT2D eigenvalue weighted by atomic mass is 10.1. The summed E-state index contributed by atoms with van der Waals surface area (Å²) in [5.41, 5.74) is 5.15. The fraction of sp³-hybridized carbons (Fsp3) is 0.458. The van der Waals surface area contributed by atoms with Gasteiger partial charge in [0, 0.05) is 23.2 Å². The highest BCUT2D eigenvalue weighted by Crippen LogP contribution is 2.36. The monoisotopic (exact) mass is 461 g/mol. The second-order valence-corrected chi connectivity index (χ2v) is 10.5. The van der Waals surface area contributed by atoms with Gasteiger partial charge in [0.05, 0.1) is 41.2 Å². The van der Waals surface area contributed by atoms with Gasteiger partial charge in [0.2, 0.25) is 5.95 Å². The topological polar surface area (TPSA) is 81.9 Å². The molecule has 9 heteroatoms. The molecule has 2 atom stereocenters. The van der Waals surface area contributed by atoms with Crippen LogP contribution in [0.2, 0.25) is 0 Å². The Morgan fingerprint density at radius 1 is 1.00 bits per heavy atom. The Bertz CT molecular complexity index is 1340. The fourth-order valence-electron chi connectivity index (χ4n) is 4.33. The standard InChI is InChI=1S/C24H27N7OS/c1-13-10-30(12-19(32-13)17-9-25-31(11-17)18-6-7-18)24-28-21(20-8-5-14(2)33-20)22-23(29-24)27-16(4)15(3)26-22/h5,8-9,11,13,18-19H,6-7,10,12H2,1-4H3/t13-,19+/m0/s1. The maximum Gasteiger partial charge on any atom is 0.228 e. The molecule has 0 N–H and O–H groups in total. The number of thiophene rings is 1. The molecule has 2 aliphatic rings. The van der Waals surface area contributed by atoms with E-state index in [0.717, 1.165) is 39.6 Å². The molecule has 1 aliphatic heterocycles. The van der Waals surface area contributed by atoms with Crippen LogP contribution >= 0.6 is 11.3 Å². The summed E-state index contributed by atoms with van der Waals surface area (Å²) < 4.78 is 8.38. The number of fused-ring (bicyclic) bond motifs is 1. The largest absolute Gasteiger partial charge is 0.367 e. The Morgan fingerprint density at radius 3 is 2.58 bits per heavy atom. The van der Waals surface area contributed by atoms with E-state index in [1.807, 2.05) is 20.0 Å². The van der Waals surface area contributed by atoms with Crippen molar-refractivity contribution < 1.29 is 4.74 Å². The summed E-state index contributed by atoms with van der Waals surface area (Å²) in [6, 6.07) is 4.79. The summed E-state index contributed by atoms with van der Waals surface area (Å²) >= 11 is 1.72. The molecule has 0 bridgehead atoms. The number of rotatable bonds is 4. The molecule has 1 aliphatic carbocycles. The highest BCUT2D eigenvalue weighted by atomic mass is 32.1. The number of hydrogen-bond donors (Lipinski definition) is 0. The SMILES string of the molecule is Cc1ccc(-c2nc(N3C[C@H](C)O[C@@H](c4cnn(C5CC5)c4)C3)nc3nc(C)c(C)nc23)s1. The zero-order valence-corrected chi connectivity index (χ0v) is 20.1. The van der Waals surface area contributed by atoms with Crippen molar-refractivity contribution in [2.45, 2.75) is 58.8 Å². The van der Waals surface area contributed by atoms with Crippen LogP contribution in [0.3, 0.4) is 0 Å². The zero-order chi connectivity index (χ0) is 22.7. The average Bonchev–Trinajstić information content (AvgIpc) is 3.35. The van der Waals surface area contributed by atoms with Gasteiger partial charge in [0.1, 0.15) is 17.3 Å². The predicted molar refractivity (Wildman–Crippen MR) is 129 cm³/mol. The molecule has 6 rings (SSSR count). The minimum absolute atomic E-state index is 0.0468. The third-order valence-electron chi connectivity index (χ3n) is 6.36. The Labute approximate surface area is 196 Å². The number of nitrogens with zero attached hydrogens (tertiary/aromatic N) is 7. The van der Waals surface area contributed by atoms with Crippen LogP contribution in [0.15, 0.2) is 24.5 Å². The highest BCUT2D eigenvalue weighted by Gasteiger charge is 2.31. The highest BCUT2D eigenvalue weighted by molar-refractivity contribution is 7.15. The molecule has 8 nitrogen and oxygen atoms in total. The van der Waals surface area contributed by atoms with E-state index in [1.165, 1.54) is 17.7 Å². The summed E-state index contributed by atoms with van der Waals surface area (Å²) in [5, 5.41) is 4.56. The molecule has 5 heterocycles. The van der Waals surface area contributed by atoms with Crippen LogP contribution < -0.4 is 4.90 Å². The minimum atomic E-state index is -0.0705. The zero-order valence-electron chi connectivity index (χ0n) is 19.3. The van der Waals surface area contributed by atoms with Crippen molar-refractivity contribution >= 4 is 28.4 Å². The molecule has 1 saturated heterocycles. The molecule has 4 aromatic rings. The summed E-state index contributed by atoms with van der Waals surface area (Å²) in [7, 11) is 0. The molecule has 4 aromatic heterocycles. The second kappa shape index (κ2) is 7.85. The van der Waals surface area contributed by atoms with E-state index in [2.05, 4.69) is 46.9 Å². The first-order valence-electron chi connectivity index (χ1n) is 11.5. The van der Waals surface area contributed by atoms with Crippen LogP contribution in [-0.4, -0.2) is 48.9 Å². The number of aryl methyl sites for hydroxylation is 3. The van der Waals surface area contributed by atoms with Crippen LogP contribution in [0, 0.1) is 20.8 Å². The number of hydrogen-bond acceptors (Lipinski definition) is 8. The van der Waals surface area contributed by atoms with Gasteiger partial charge in [0.15, 0.2) is 5.65 Å². The van der Waals surface area contributed by atoms with Crippen LogP contribution in [0.1, 0.15) is 53.7 Å². The van der Waals surface area contributed by atoms with Crippen molar-refractivity contribution in [3.63, 3.8) is 0 Å². The van der Waals surface area contributed by atoms with Crippen LogP contribution in [0.5, 0.6) is 0 Å². The van der Waals surface area contributed by atoms with Crippen LogP contribution in [-0.2, 0) is 4.74 Å². The summed E-state index contributed by atoms with van der Waals surface area (Å²) in [4.78, 5) is 24.0. The Hall–Kier alpha value is -2.91. The van der Waals surface area contributed by atoms with Crippen molar-refractivity contribution in [2.75, 3.05) is 18.0 Å². The number of anilines is 1. The number of morpholine rings is 1. The van der Waals surface area contributed by atoms with E-state index >= 15 is 0 Å². The first kappa shape index (κ1) is 20.7. The Morgan fingerprint density at radius 2 is 1.82 bits per heavy atom. The van der Waals surface area contributed by atoms with Gasteiger partial charge in [-0.25, -0.2) is 15.0 Å². The lowest BCUT2D eigenvalue weighted by molar-refractivity contribution is -0.0178. The summed E-state index contributed by atoms with van der Waals surface area (Å²) in [6.07, 6.45) is 6.48. The average molecular weight is 462 g/mol. The van der Waals surface area contributed by atoms with E-state index in [4.69, 9.17) is 24.7 Å². The van der Waals surface area contributed by atoms with Gasteiger partial charge in [-0.2, -0.15) is 10.1 Å². The molecule has 33 heavy (non-hydrogen) atoms. The van der Waals surface area contributed by atoms with Crippen molar-refractivity contribution in [3.05, 3.63) is 46.4 Å². The first-order chi connectivity index (χ1) is 15.9. The van der Waals surface area contributed by atoms with Gasteiger partial charge in [-0.15, -0.1) is 11.3 Å². The molecule has 170 valence electrons. The lowest BCUT2D eigenvalue weighted by Crippen LogP contribution is -2.43. The number of ether oxygens (including phenoxy) is 1. The molecule has 0 amide bonds. The first-order valence-corrected chi connectivity index (χ1v) is 12.3. The van der Waals surface area contributed by atoms with Gasteiger partial charge < -0.3 is 9.64 Å². The van der Waals surface area contributed by atoms with Crippen molar-refractivity contribution in [3.8, 4) is 10.6 Å². The molecule has 0 radical (unpaired) electrons. The molecule has 0 aromatic carbocycles. The molecular formula is C24H27N7OS. The molecular weight excluding hydrogens is 434 g/mol. The van der Waals surface area contributed by atoms with Gasteiger partial charge in [0.25, 0.3) is 0 Å².